The number of carboxylic acid groups (broad SMARTS) is 1. The SMILES string of the molecule is COc1ccc(-n2nc(NC(=O)O)c(C)c(C#N)c2=O)cc1. The summed E-state index contributed by atoms with van der Waals surface area (Å²) in [6.07, 6.45) is -1.33. The molecule has 8 nitrogen and oxygen atoms in total. The highest BCUT2D eigenvalue weighted by atomic mass is 16.5. The minimum Gasteiger partial charge on any atom is -0.497 e. The molecule has 0 aliphatic rings. The van der Waals surface area contributed by atoms with Crippen molar-refractivity contribution in [3.8, 4) is 17.5 Å². The summed E-state index contributed by atoms with van der Waals surface area (Å²) < 4.78 is 5.99. The molecule has 2 aromatic rings. The molecule has 1 aromatic heterocycles. The number of methoxy groups -OCH3 is 1. The van der Waals surface area contributed by atoms with Crippen molar-refractivity contribution in [1.29, 1.82) is 5.26 Å². The van der Waals surface area contributed by atoms with Gasteiger partial charge in [0.25, 0.3) is 5.56 Å². The lowest BCUT2D eigenvalue weighted by atomic mass is 10.2. The third kappa shape index (κ3) is 2.73. The molecule has 0 radical (unpaired) electrons. The van der Waals surface area contributed by atoms with Crippen LogP contribution in [0.5, 0.6) is 5.75 Å². The lowest BCUT2D eigenvalue weighted by Gasteiger charge is -2.11. The smallest absolute Gasteiger partial charge is 0.410 e. The van der Waals surface area contributed by atoms with E-state index in [9.17, 15) is 9.59 Å². The summed E-state index contributed by atoms with van der Waals surface area (Å²) >= 11 is 0. The Kier molecular flexibility index (Phi) is 4.08. The molecule has 0 spiro atoms. The average Bonchev–Trinajstić information content (AvgIpc) is 2.50. The molecule has 0 fully saturated rings. The zero-order valence-electron chi connectivity index (χ0n) is 11.8. The fourth-order valence-corrected chi connectivity index (χ4v) is 1.86. The van der Waals surface area contributed by atoms with E-state index < -0.39 is 11.7 Å². The fraction of sp³-hybridized carbons (Fsp3) is 0.143. The number of carbonyl (C=O) groups is 1. The minimum absolute atomic E-state index is 0.0699. The Labute approximate surface area is 125 Å². The molecule has 0 aliphatic heterocycles. The van der Waals surface area contributed by atoms with Gasteiger partial charge in [0.2, 0.25) is 0 Å². The molecule has 8 heteroatoms. The largest absolute Gasteiger partial charge is 0.497 e. The maximum Gasteiger partial charge on any atom is 0.410 e. The van der Waals surface area contributed by atoms with E-state index in [0.29, 0.717) is 11.4 Å². The molecule has 2 N–H and O–H groups in total. The van der Waals surface area contributed by atoms with Gasteiger partial charge in [0, 0.05) is 5.56 Å². The molecule has 0 atom stereocenters. The number of rotatable bonds is 3. The van der Waals surface area contributed by atoms with Gasteiger partial charge >= 0.3 is 6.09 Å². The van der Waals surface area contributed by atoms with Gasteiger partial charge in [-0.05, 0) is 31.2 Å². The van der Waals surface area contributed by atoms with Gasteiger partial charge in [-0.3, -0.25) is 10.1 Å². The number of nitrogens with zero attached hydrogens (tertiary/aromatic N) is 3. The molecule has 0 bridgehead atoms. The molecule has 0 saturated carbocycles. The monoisotopic (exact) mass is 300 g/mol. The Morgan fingerprint density at radius 1 is 1.41 bits per heavy atom. The second-order valence-corrected chi connectivity index (χ2v) is 4.31. The number of ether oxygens (including phenoxy) is 1. The Balaban J connectivity index is 2.66. The van der Waals surface area contributed by atoms with Gasteiger partial charge < -0.3 is 9.84 Å². The van der Waals surface area contributed by atoms with Gasteiger partial charge in [0.1, 0.15) is 17.4 Å². The first-order chi connectivity index (χ1) is 10.5. The molecule has 22 heavy (non-hydrogen) atoms. The normalized spacial score (nSPS) is 9.86. The zero-order valence-corrected chi connectivity index (χ0v) is 11.8. The van der Waals surface area contributed by atoms with Crippen molar-refractivity contribution >= 4 is 11.9 Å². The Morgan fingerprint density at radius 3 is 2.55 bits per heavy atom. The van der Waals surface area contributed by atoms with E-state index in [2.05, 4.69) is 10.4 Å². The van der Waals surface area contributed by atoms with Crippen LogP contribution in [0.15, 0.2) is 29.1 Å². The number of nitrogens with one attached hydrogen (secondary N) is 1. The standard InChI is InChI=1S/C14H12N4O4/c1-8-11(7-15)13(19)18(17-12(8)16-14(20)21)9-3-5-10(22-2)6-4-9/h3-6H,1-2H3,(H,16,17)(H,20,21). The number of hydrogen-bond donors (Lipinski definition) is 2. The van der Waals surface area contributed by atoms with E-state index in [1.165, 1.54) is 14.0 Å². The number of aromatic nitrogens is 2. The Bertz CT molecular complexity index is 818. The Hall–Kier alpha value is -3.34. The molecular weight excluding hydrogens is 288 g/mol. The topological polar surface area (TPSA) is 117 Å². The van der Waals surface area contributed by atoms with Crippen LogP contribution in [0.1, 0.15) is 11.1 Å². The van der Waals surface area contributed by atoms with E-state index in [0.717, 1.165) is 4.68 Å². The molecule has 1 aromatic carbocycles. The third-order valence-corrected chi connectivity index (χ3v) is 2.99. The molecule has 0 aliphatic carbocycles. The summed E-state index contributed by atoms with van der Waals surface area (Å²) in [5.41, 5.74) is -0.230. The summed E-state index contributed by atoms with van der Waals surface area (Å²) in [6, 6.07) is 8.18. The van der Waals surface area contributed by atoms with Crippen LogP contribution in [-0.4, -0.2) is 28.1 Å². The van der Waals surface area contributed by atoms with Crippen molar-refractivity contribution in [1.82, 2.24) is 9.78 Å². The van der Waals surface area contributed by atoms with Crippen molar-refractivity contribution in [2.75, 3.05) is 12.4 Å². The maximum atomic E-state index is 12.3. The highest BCUT2D eigenvalue weighted by Crippen LogP contribution is 2.17. The van der Waals surface area contributed by atoms with Crippen LogP contribution >= 0.6 is 0 Å². The third-order valence-electron chi connectivity index (χ3n) is 2.99. The second kappa shape index (κ2) is 5.97. The Morgan fingerprint density at radius 2 is 2.05 bits per heavy atom. The van der Waals surface area contributed by atoms with Gasteiger partial charge in [-0.15, -0.1) is 5.10 Å². The zero-order chi connectivity index (χ0) is 16.3. The molecule has 0 saturated heterocycles. The predicted octanol–water partition coefficient (Wildman–Crippen LogP) is 1.51. The second-order valence-electron chi connectivity index (χ2n) is 4.31. The van der Waals surface area contributed by atoms with E-state index in [-0.39, 0.29) is 16.9 Å². The van der Waals surface area contributed by atoms with Crippen molar-refractivity contribution in [3.63, 3.8) is 0 Å². The van der Waals surface area contributed by atoms with E-state index >= 15 is 0 Å². The summed E-state index contributed by atoms with van der Waals surface area (Å²) in [5.74, 6) is 0.521. The molecule has 2 rings (SSSR count). The summed E-state index contributed by atoms with van der Waals surface area (Å²) in [7, 11) is 1.51. The average molecular weight is 300 g/mol. The quantitative estimate of drug-likeness (QED) is 0.887. The fourth-order valence-electron chi connectivity index (χ4n) is 1.86. The number of benzene rings is 1. The van der Waals surface area contributed by atoms with Gasteiger partial charge in [0.15, 0.2) is 5.82 Å². The highest BCUT2D eigenvalue weighted by Gasteiger charge is 2.16. The van der Waals surface area contributed by atoms with Crippen LogP contribution in [0.3, 0.4) is 0 Å². The minimum atomic E-state index is -1.33. The number of amides is 1. The van der Waals surface area contributed by atoms with Crippen LogP contribution in [-0.2, 0) is 0 Å². The van der Waals surface area contributed by atoms with Crippen molar-refractivity contribution in [2.24, 2.45) is 0 Å². The van der Waals surface area contributed by atoms with E-state index in [4.69, 9.17) is 15.1 Å². The molecular formula is C14H12N4O4. The van der Waals surface area contributed by atoms with Crippen molar-refractivity contribution < 1.29 is 14.6 Å². The van der Waals surface area contributed by atoms with Crippen LogP contribution in [0.2, 0.25) is 0 Å². The highest BCUT2D eigenvalue weighted by molar-refractivity contribution is 5.82. The van der Waals surface area contributed by atoms with Crippen LogP contribution in [0.4, 0.5) is 10.6 Å². The van der Waals surface area contributed by atoms with Gasteiger partial charge in [-0.2, -0.15) is 9.94 Å². The lowest BCUT2D eigenvalue weighted by molar-refractivity contribution is 0.209. The van der Waals surface area contributed by atoms with Crippen molar-refractivity contribution in [3.05, 3.63) is 45.7 Å². The van der Waals surface area contributed by atoms with Crippen LogP contribution in [0, 0.1) is 18.3 Å². The van der Waals surface area contributed by atoms with Gasteiger partial charge in [0.05, 0.1) is 12.8 Å². The van der Waals surface area contributed by atoms with E-state index in [1.807, 2.05) is 0 Å². The molecule has 112 valence electrons. The summed E-state index contributed by atoms with van der Waals surface area (Å²) in [4.78, 5) is 23.1. The molecule has 1 amide bonds. The van der Waals surface area contributed by atoms with Gasteiger partial charge in [-0.25, -0.2) is 4.79 Å². The first-order valence-electron chi connectivity index (χ1n) is 6.16. The first-order valence-corrected chi connectivity index (χ1v) is 6.16. The molecule has 1 heterocycles. The lowest BCUT2D eigenvalue weighted by Crippen LogP contribution is -2.27. The van der Waals surface area contributed by atoms with Crippen LogP contribution in [0.25, 0.3) is 5.69 Å². The van der Waals surface area contributed by atoms with E-state index in [1.54, 1.807) is 30.3 Å². The summed E-state index contributed by atoms with van der Waals surface area (Å²) in [5, 5.41) is 24.0. The van der Waals surface area contributed by atoms with Crippen LogP contribution < -0.4 is 15.6 Å². The van der Waals surface area contributed by atoms with Crippen molar-refractivity contribution in [2.45, 2.75) is 6.92 Å². The molecule has 0 unspecified atom stereocenters. The van der Waals surface area contributed by atoms with Gasteiger partial charge in [-0.1, -0.05) is 0 Å². The predicted molar refractivity (Wildman–Crippen MR) is 77.5 cm³/mol. The number of anilines is 1. The number of hydrogen-bond acceptors (Lipinski definition) is 5. The maximum absolute atomic E-state index is 12.3. The summed E-state index contributed by atoms with van der Waals surface area (Å²) in [6.45, 7) is 1.45. The number of nitriles is 1. The first kappa shape index (κ1) is 15.1.